The summed E-state index contributed by atoms with van der Waals surface area (Å²) in [7, 11) is 0. The van der Waals surface area contributed by atoms with Gasteiger partial charge in [-0.2, -0.15) is 0 Å². The normalized spacial score (nSPS) is 12.0. The molecule has 0 bridgehead atoms. The van der Waals surface area contributed by atoms with Gasteiger partial charge < -0.3 is 15.7 Å². The Morgan fingerprint density at radius 1 is 1.27 bits per heavy atom. The Morgan fingerprint density at radius 3 is 2.36 bits per heavy atom. The Hall–Kier alpha value is -1.96. The Kier molecular flexibility index (Phi) is 6.48. The molecule has 0 aliphatic carbocycles. The van der Waals surface area contributed by atoms with Crippen LogP contribution in [-0.2, 0) is 9.59 Å². The molecule has 1 heterocycles. The van der Waals surface area contributed by atoms with Gasteiger partial charge in [-0.15, -0.1) is 11.3 Å². The van der Waals surface area contributed by atoms with Gasteiger partial charge in [-0.3, -0.25) is 9.59 Å². The van der Waals surface area contributed by atoms with Crippen molar-refractivity contribution in [2.24, 2.45) is 5.92 Å². The van der Waals surface area contributed by atoms with Crippen LogP contribution in [-0.4, -0.2) is 40.5 Å². The second-order valence-corrected chi connectivity index (χ2v) is 6.82. The van der Waals surface area contributed by atoms with Crippen molar-refractivity contribution in [2.75, 3.05) is 6.54 Å². The summed E-state index contributed by atoms with van der Waals surface area (Å²) in [5.74, 6) is -1.92. The van der Waals surface area contributed by atoms with Crippen LogP contribution in [0.5, 0.6) is 0 Å². The van der Waals surface area contributed by atoms with Gasteiger partial charge in [0.1, 0.15) is 11.7 Å². The zero-order valence-electron chi connectivity index (χ0n) is 13.1. The number of carboxylic acids is 1. The van der Waals surface area contributed by atoms with Gasteiger partial charge in [0.05, 0.1) is 11.6 Å². The van der Waals surface area contributed by atoms with Gasteiger partial charge in [0, 0.05) is 4.88 Å². The highest BCUT2D eigenvalue weighted by molar-refractivity contribution is 7.11. The number of aromatic nitrogens is 1. The number of amides is 2. The molecule has 0 saturated heterocycles. The Balaban J connectivity index is 2.53. The van der Waals surface area contributed by atoms with E-state index in [0.717, 1.165) is 9.88 Å². The molecule has 1 aromatic rings. The van der Waals surface area contributed by atoms with Crippen molar-refractivity contribution in [2.45, 2.75) is 40.2 Å². The van der Waals surface area contributed by atoms with Crippen LogP contribution < -0.4 is 10.6 Å². The number of hydrogen-bond donors (Lipinski definition) is 3. The van der Waals surface area contributed by atoms with Crippen LogP contribution in [0.25, 0.3) is 0 Å². The Bertz CT molecular complexity index is 568. The number of carboxylic acid groups (broad SMARTS) is 1. The number of nitrogens with zero attached hydrogens (tertiary/aromatic N) is 1. The Morgan fingerprint density at radius 2 is 1.91 bits per heavy atom. The zero-order chi connectivity index (χ0) is 16.9. The standard InChI is InChI=1S/C14H21N3O4S/c1-7(2)5-10(14(20)21)17-11(18)6-15-13(19)12-8(3)22-9(4)16-12/h7,10H,5-6H2,1-4H3,(H,15,19)(H,17,18)(H,20,21)/t10-/m0/s1. The lowest BCUT2D eigenvalue weighted by atomic mass is 10.0. The lowest BCUT2D eigenvalue weighted by Crippen LogP contribution is -2.46. The van der Waals surface area contributed by atoms with Crippen LogP contribution in [0.3, 0.4) is 0 Å². The van der Waals surface area contributed by atoms with E-state index in [2.05, 4.69) is 15.6 Å². The highest BCUT2D eigenvalue weighted by Crippen LogP contribution is 2.15. The van der Waals surface area contributed by atoms with E-state index < -0.39 is 23.8 Å². The minimum absolute atomic E-state index is 0.136. The van der Waals surface area contributed by atoms with Gasteiger partial charge in [0.25, 0.3) is 5.91 Å². The van der Waals surface area contributed by atoms with Crippen molar-refractivity contribution >= 4 is 29.1 Å². The van der Waals surface area contributed by atoms with E-state index >= 15 is 0 Å². The van der Waals surface area contributed by atoms with Crippen molar-refractivity contribution in [1.29, 1.82) is 0 Å². The first-order valence-electron chi connectivity index (χ1n) is 6.95. The van der Waals surface area contributed by atoms with Gasteiger partial charge in [-0.1, -0.05) is 13.8 Å². The molecule has 0 aromatic carbocycles. The van der Waals surface area contributed by atoms with Crippen LogP contribution in [0, 0.1) is 19.8 Å². The Labute approximate surface area is 133 Å². The summed E-state index contributed by atoms with van der Waals surface area (Å²) in [5, 5.41) is 14.7. The third-order valence-electron chi connectivity index (χ3n) is 2.87. The SMILES string of the molecule is Cc1nc(C(=O)NCC(=O)N[C@@H](CC(C)C)C(=O)O)c(C)s1. The quantitative estimate of drug-likeness (QED) is 0.695. The van der Waals surface area contributed by atoms with E-state index in [9.17, 15) is 14.4 Å². The van der Waals surface area contributed by atoms with Crippen molar-refractivity contribution in [1.82, 2.24) is 15.6 Å². The molecule has 22 heavy (non-hydrogen) atoms. The minimum Gasteiger partial charge on any atom is -0.480 e. The lowest BCUT2D eigenvalue weighted by Gasteiger charge is -2.16. The molecule has 2 amide bonds. The smallest absolute Gasteiger partial charge is 0.326 e. The van der Waals surface area contributed by atoms with Crippen molar-refractivity contribution in [3.63, 3.8) is 0 Å². The molecule has 0 radical (unpaired) electrons. The number of hydrogen-bond acceptors (Lipinski definition) is 5. The highest BCUT2D eigenvalue weighted by atomic mass is 32.1. The summed E-state index contributed by atoms with van der Waals surface area (Å²) < 4.78 is 0. The summed E-state index contributed by atoms with van der Waals surface area (Å²) >= 11 is 1.40. The average molecular weight is 327 g/mol. The molecule has 1 atom stereocenters. The van der Waals surface area contributed by atoms with Gasteiger partial charge in [0.2, 0.25) is 5.91 Å². The highest BCUT2D eigenvalue weighted by Gasteiger charge is 2.21. The predicted octanol–water partition coefficient (Wildman–Crippen LogP) is 1.11. The lowest BCUT2D eigenvalue weighted by molar-refractivity contribution is -0.142. The fraction of sp³-hybridized carbons (Fsp3) is 0.571. The van der Waals surface area contributed by atoms with E-state index in [0.29, 0.717) is 12.1 Å². The number of thiazole rings is 1. The molecule has 3 N–H and O–H groups in total. The fourth-order valence-corrected chi connectivity index (χ4v) is 2.74. The van der Waals surface area contributed by atoms with Crippen LogP contribution in [0.15, 0.2) is 0 Å². The van der Waals surface area contributed by atoms with E-state index in [4.69, 9.17) is 5.11 Å². The number of rotatable bonds is 7. The number of nitrogens with one attached hydrogen (secondary N) is 2. The van der Waals surface area contributed by atoms with Crippen molar-refractivity contribution in [3.05, 3.63) is 15.6 Å². The molecule has 0 unspecified atom stereocenters. The molecule has 0 aliphatic heterocycles. The van der Waals surface area contributed by atoms with E-state index in [1.54, 1.807) is 13.8 Å². The largest absolute Gasteiger partial charge is 0.480 e. The number of aliphatic carboxylic acids is 1. The summed E-state index contributed by atoms with van der Waals surface area (Å²) in [6.45, 7) is 7.04. The molecule has 8 heteroatoms. The summed E-state index contributed by atoms with van der Waals surface area (Å²) in [4.78, 5) is 39.6. The molecule has 122 valence electrons. The molecule has 0 aliphatic rings. The summed E-state index contributed by atoms with van der Waals surface area (Å²) in [6.07, 6.45) is 0.333. The van der Waals surface area contributed by atoms with E-state index in [-0.39, 0.29) is 12.5 Å². The van der Waals surface area contributed by atoms with Crippen molar-refractivity contribution < 1.29 is 19.5 Å². The second kappa shape index (κ2) is 7.88. The molecule has 7 nitrogen and oxygen atoms in total. The zero-order valence-corrected chi connectivity index (χ0v) is 13.9. The molecular weight excluding hydrogens is 306 g/mol. The minimum atomic E-state index is -1.08. The van der Waals surface area contributed by atoms with Crippen LogP contribution in [0.4, 0.5) is 0 Å². The molecule has 0 spiro atoms. The van der Waals surface area contributed by atoms with Gasteiger partial charge in [-0.05, 0) is 26.2 Å². The number of aryl methyl sites for hydroxylation is 2. The monoisotopic (exact) mass is 327 g/mol. The van der Waals surface area contributed by atoms with E-state index in [1.165, 1.54) is 11.3 Å². The molecular formula is C14H21N3O4S. The molecule has 1 aromatic heterocycles. The van der Waals surface area contributed by atoms with Crippen LogP contribution in [0.1, 0.15) is 40.6 Å². The molecule has 0 saturated carbocycles. The predicted molar refractivity (Wildman–Crippen MR) is 82.9 cm³/mol. The first kappa shape index (κ1) is 18.1. The maximum absolute atomic E-state index is 11.9. The number of carbonyl (C=O) groups excluding carboxylic acids is 2. The number of carbonyl (C=O) groups is 3. The van der Waals surface area contributed by atoms with Gasteiger partial charge in [-0.25, -0.2) is 9.78 Å². The average Bonchev–Trinajstić information content (AvgIpc) is 2.73. The van der Waals surface area contributed by atoms with E-state index in [1.807, 2.05) is 13.8 Å². The molecule has 0 fully saturated rings. The first-order valence-corrected chi connectivity index (χ1v) is 7.76. The van der Waals surface area contributed by atoms with Crippen LogP contribution >= 0.6 is 11.3 Å². The topological polar surface area (TPSA) is 108 Å². The van der Waals surface area contributed by atoms with Gasteiger partial charge >= 0.3 is 5.97 Å². The summed E-state index contributed by atoms with van der Waals surface area (Å²) in [5.41, 5.74) is 0.298. The van der Waals surface area contributed by atoms with Crippen molar-refractivity contribution in [3.8, 4) is 0 Å². The second-order valence-electron chi connectivity index (χ2n) is 5.41. The maximum Gasteiger partial charge on any atom is 0.326 e. The summed E-state index contributed by atoms with van der Waals surface area (Å²) in [6, 6.07) is -0.951. The van der Waals surface area contributed by atoms with Crippen LogP contribution in [0.2, 0.25) is 0 Å². The maximum atomic E-state index is 11.9. The third kappa shape index (κ3) is 5.44. The van der Waals surface area contributed by atoms with Gasteiger partial charge in [0.15, 0.2) is 0 Å². The fourth-order valence-electron chi connectivity index (χ4n) is 1.92. The first-order chi connectivity index (χ1) is 10.2. The third-order valence-corrected chi connectivity index (χ3v) is 3.75. The molecule has 1 rings (SSSR count).